The van der Waals surface area contributed by atoms with E-state index in [2.05, 4.69) is 10.3 Å². The second kappa shape index (κ2) is 5.01. The molecule has 2 N–H and O–H groups in total. The molecule has 0 aromatic carbocycles. The zero-order valence-corrected chi connectivity index (χ0v) is 9.90. The molecule has 7 heteroatoms. The summed E-state index contributed by atoms with van der Waals surface area (Å²) in [6.07, 6.45) is 0.778. The Labute approximate surface area is 102 Å². The average molecular weight is 252 g/mol. The van der Waals surface area contributed by atoms with Gasteiger partial charge < -0.3 is 15.3 Å². The molecule has 1 aromatic heterocycles. The maximum atomic E-state index is 10.6. The summed E-state index contributed by atoms with van der Waals surface area (Å²) in [5.41, 5.74) is 0.415. The van der Waals surface area contributed by atoms with Crippen molar-refractivity contribution in [3.63, 3.8) is 0 Å². The highest BCUT2D eigenvalue weighted by molar-refractivity contribution is 7.13. The van der Waals surface area contributed by atoms with Crippen LogP contribution in [0.15, 0.2) is 5.38 Å². The van der Waals surface area contributed by atoms with Crippen LogP contribution in [-0.4, -0.2) is 35.3 Å². The first-order valence-corrected chi connectivity index (χ1v) is 6.17. The van der Waals surface area contributed by atoms with Crippen molar-refractivity contribution < 1.29 is 9.90 Å². The number of nitrogens with one attached hydrogen (secondary N) is 1. The van der Waals surface area contributed by atoms with Gasteiger partial charge in [-0.1, -0.05) is 0 Å². The highest BCUT2D eigenvalue weighted by atomic mass is 32.1. The fraction of sp³-hybridized carbons (Fsp3) is 0.500. The number of nitriles is 1. The van der Waals surface area contributed by atoms with E-state index in [1.165, 1.54) is 11.3 Å². The van der Waals surface area contributed by atoms with Gasteiger partial charge >= 0.3 is 6.09 Å². The van der Waals surface area contributed by atoms with Crippen LogP contribution in [0.3, 0.4) is 0 Å². The molecule has 1 aliphatic heterocycles. The van der Waals surface area contributed by atoms with Gasteiger partial charge in [0, 0.05) is 24.5 Å². The zero-order valence-electron chi connectivity index (χ0n) is 9.09. The molecular formula is C10H12N4O2S. The van der Waals surface area contributed by atoms with Gasteiger partial charge in [-0.25, -0.2) is 9.78 Å². The Morgan fingerprint density at radius 3 is 3.24 bits per heavy atom. The zero-order chi connectivity index (χ0) is 12.3. The minimum atomic E-state index is -0.992. The van der Waals surface area contributed by atoms with E-state index >= 15 is 0 Å². The van der Waals surface area contributed by atoms with Crippen molar-refractivity contribution >= 4 is 22.6 Å². The first-order chi connectivity index (χ1) is 8.19. The predicted octanol–water partition coefficient (Wildman–Crippen LogP) is 1.25. The van der Waals surface area contributed by atoms with Gasteiger partial charge in [0.2, 0.25) is 0 Å². The number of carboxylic acid groups (broad SMARTS) is 1. The molecule has 1 aromatic rings. The fourth-order valence-corrected chi connectivity index (χ4v) is 2.69. The average Bonchev–Trinajstić information content (AvgIpc) is 2.77. The molecule has 0 spiro atoms. The van der Waals surface area contributed by atoms with Crippen LogP contribution in [0.4, 0.5) is 9.93 Å². The molecule has 0 unspecified atom stereocenters. The number of hydrogen-bond acceptors (Lipinski definition) is 5. The van der Waals surface area contributed by atoms with Crippen LogP contribution < -0.4 is 10.2 Å². The van der Waals surface area contributed by atoms with Crippen molar-refractivity contribution in [2.24, 2.45) is 0 Å². The topological polar surface area (TPSA) is 89.2 Å². The highest BCUT2D eigenvalue weighted by Crippen LogP contribution is 2.23. The molecule has 0 bridgehead atoms. The molecule has 1 amide bonds. The van der Waals surface area contributed by atoms with Gasteiger partial charge in [-0.2, -0.15) is 5.26 Å². The number of piperidine rings is 1. The van der Waals surface area contributed by atoms with Crippen LogP contribution in [0, 0.1) is 11.3 Å². The number of carbonyl (C=O) groups is 1. The standard InChI is InChI=1S/C10H12N4O2S/c11-4-8-6-17-9(12-8)14-3-1-2-7(5-14)13-10(15)16/h6-7,13H,1-3,5H2,(H,15,16)/t7-/m1/s1. The number of anilines is 1. The largest absolute Gasteiger partial charge is 0.465 e. The Balaban J connectivity index is 2.02. The summed E-state index contributed by atoms with van der Waals surface area (Å²) in [7, 11) is 0. The van der Waals surface area contributed by atoms with Gasteiger partial charge in [0.05, 0.1) is 0 Å². The van der Waals surface area contributed by atoms with E-state index in [0.717, 1.165) is 24.5 Å². The van der Waals surface area contributed by atoms with E-state index in [1.54, 1.807) is 5.38 Å². The van der Waals surface area contributed by atoms with Crippen LogP contribution in [0.5, 0.6) is 0 Å². The van der Waals surface area contributed by atoms with Crippen molar-refractivity contribution in [2.45, 2.75) is 18.9 Å². The normalized spacial score (nSPS) is 19.7. The molecule has 1 atom stereocenters. The number of hydrogen-bond donors (Lipinski definition) is 2. The van der Waals surface area contributed by atoms with Crippen molar-refractivity contribution in [1.29, 1.82) is 5.26 Å². The van der Waals surface area contributed by atoms with E-state index in [4.69, 9.17) is 10.4 Å². The molecule has 90 valence electrons. The smallest absolute Gasteiger partial charge is 0.404 e. The summed E-state index contributed by atoms with van der Waals surface area (Å²) >= 11 is 1.42. The minimum Gasteiger partial charge on any atom is -0.465 e. The number of thiazole rings is 1. The van der Waals surface area contributed by atoms with Crippen molar-refractivity contribution in [3.05, 3.63) is 11.1 Å². The lowest BCUT2D eigenvalue weighted by Gasteiger charge is -2.32. The summed E-state index contributed by atoms with van der Waals surface area (Å²) in [5.74, 6) is 0. The lowest BCUT2D eigenvalue weighted by molar-refractivity contribution is 0.188. The third-order valence-electron chi connectivity index (χ3n) is 2.63. The maximum Gasteiger partial charge on any atom is 0.404 e. The van der Waals surface area contributed by atoms with Crippen molar-refractivity contribution in [1.82, 2.24) is 10.3 Å². The maximum absolute atomic E-state index is 10.6. The lowest BCUT2D eigenvalue weighted by atomic mass is 10.1. The van der Waals surface area contributed by atoms with Crippen LogP contribution in [0.1, 0.15) is 18.5 Å². The molecule has 6 nitrogen and oxygen atoms in total. The number of nitrogens with zero attached hydrogens (tertiary/aromatic N) is 3. The Morgan fingerprint density at radius 2 is 2.59 bits per heavy atom. The van der Waals surface area contributed by atoms with Gasteiger partial charge in [0.1, 0.15) is 6.07 Å². The summed E-state index contributed by atoms with van der Waals surface area (Å²) in [5, 5.41) is 22.4. The molecule has 2 heterocycles. The molecule has 2 rings (SSSR count). The molecule has 0 radical (unpaired) electrons. The van der Waals surface area contributed by atoms with E-state index in [1.807, 2.05) is 11.0 Å². The van der Waals surface area contributed by atoms with Gasteiger partial charge in [-0.3, -0.25) is 0 Å². The molecule has 0 saturated carbocycles. The molecule has 1 saturated heterocycles. The Morgan fingerprint density at radius 1 is 1.76 bits per heavy atom. The number of amides is 1. The molecule has 17 heavy (non-hydrogen) atoms. The summed E-state index contributed by atoms with van der Waals surface area (Å²) in [6.45, 7) is 1.47. The fourth-order valence-electron chi connectivity index (χ4n) is 1.90. The molecule has 0 aliphatic carbocycles. The SMILES string of the molecule is N#Cc1csc(N2CCC[C@@H](NC(=O)O)C2)n1. The third kappa shape index (κ3) is 2.85. The highest BCUT2D eigenvalue weighted by Gasteiger charge is 2.23. The summed E-state index contributed by atoms with van der Waals surface area (Å²) in [4.78, 5) is 16.8. The summed E-state index contributed by atoms with van der Waals surface area (Å²) in [6, 6.07) is 1.93. The van der Waals surface area contributed by atoms with Crippen LogP contribution in [0.25, 0.3) is 0 Å². The first-order valence-electron chi connectivity index (χ1n) is 5.29. The minimum absolute atomic E-state index is 0.0596. The van der Waals surface area contributed by atoms with Crippen LogP contribution in [-0.2, 0) is 0 Å². The van der Waals surface area contributed by atoms with Crippen molar-refractivity contribution in [3.8, 4) is 6.07 Å². The second-order valence-corrected chi connectivity index (χ2v) is 4.70. The quantitative estimate of drug-likeness (QED) is 0.826. The third-order valence-corrected chi connectivity index (χ3v) is 3.53. The van der Waals surface area contributed by atoms with Crippen molar-refractivity contribution in [2.75, 3.05) is 18.0 Å². The molecule has 1 fully saturated rings. The Bertz CT molecular complexity index is 453. The van der Waals surface area contributed by atoms with Gasteiger partial charge in [-0.15, -0.1) is 11.3 Å². The monoisotopic (exact) mass is 252 g/mol. The van der Waals surface area contributed by atoms with E-state index in [0.29, 0.717) is 12.2 Å². The molecular weight excluding hydrogens is 240 g/mol. The first kappa shape index (κ1) is 11.7. The van der Waals surface area contributed by atoms with Crippen LogP contribution >= 0.6 is 11.3 Å². The van der Waals surface area contributed by atoms with Gasteiger partial charge in [-0.05, 0) is 12.8 Å². The predicted molar refractivity (Wildman–Crippen MR) is 63.2 cm³/mol. The number of aromatic nitrogens is 1. The lowest BCUT2D eigenvalue weighted by Crippen LogP contribution is -2.47. The van der Waals surface area contributed by atoms with Gasteiger partial charge in [0.25, 0.3) is 0 Å². The van der Waals surface area contributed by atoms with Crippen LogP contribution in [0.2, 0.25) is 0 Å². The van der Waals surface area contributed by atoms with Gasteiger partial charge in [0.15, 0.2) is 10.8 Å². The summed E-state index contributed by atoms with van der Waals surface area (Å²) < 4.78 is 0. The number of rotatable bonds is 2. The molecule has 1 aliphatic rings. The Kier molecular flexibility index (Phi) is 3.44. The van der Waals surface area contributed by atoms with E-state index < -0.39 is 6.09 Å². The van der Waals surface area contributed by atoms with E-state index in [9.17, 15) is 4.79 Å². The van der Waals surface area contributed by atoms with E-state index in [-0.39, 0.29) is 6.04 Å². The second-order valence-electron chi connectivity index (χ2n) is 3.86. The Hall–Kier alpha value is -1.81.